The number of nitrogens with one attached hydrogen (secondary N) is 2. The summed E-state index contributed by atoms with van der Waals surface area (Å²) in [6, 6.07) is 6.00. The van der Waals surface area contributed by atoms with Crippen LogP contribution in [0.15, 0.2) is 18.2 Å². The summed E-state index contributed by atoms with van der Waals surface area (Å²) in [6.07, 6.45) is 2.62. The standard InChI is InChI=1S/C14H19N3O2/c1-17(2)16-13(18)5-3-4-10-6-7-12-11(8-10)9-14(19)15-12/h6-8H,3-5,9H2,1-2H3,(H,15,19)(H,16,18). The van der Waals surface area contributed by atoms with Crippen molar-refractivity contribution < 1.29 is 9.59 Å². The minimum atomic E-state index is 0.0306. The summed E-state index contributed by atoms with van der Waals surface area (Å²) < 4.78 is 0. The minimum Gasteiger partial charge on any atom is -0.326 e. The lowest BCUT2D eigenvalue weighted by Crippen LogP contribution is -2.35. The fourth-order valence-electron chi connectivity index (χ4n) is 2.20. The van der Waals surface area contributed by atoms with Crippen LogP contribution in [-0.4, -0.2) is 30.9 Å². The molecule has 0 radical (unpaired) electrons. The molecule has 0 fully saturated rings. The van der Waals surface area contributed by atoms with Crippen molar-refractivity contribution in [2.45, 2.75) is 25.7 Å². The van der Waals surface area contributed by atoms with Gasteiger partial charge in [0, 0.05) is 26.2 Å². The van der Waals surface area contributed by atoms with E-state index >= 15 is 0 Å². The smallest absolute Gasteiger partial charge is 0.234 e. The van der Waals surface area contributed by atoms with Gasteiger partial charge in [-0.2, -0.15) is 0 Å². The Labute approximate surface area is 112 Å². The molecule has 1 aliphatic rings. The van der Waals surface area contributed by atoms with E-state index in [1.807, 2.05) is 12.1 Å². The summed E-state index contributed by atoms with van der Waals surface area (Å²) in [4.78, 5) is 22.7. The first-order valence-electron chi connectivity index (χ1n) is 6.43. The molecular formula is C14H19N3O2. The Kier molecular flexibility index (Phi) is 4.16. The van der Waals surface area contributed by atoms with E-state index < -0.39 is 0 Å². The first kappa shape index (κ1) is 13.5. The molecule has 1 aromatic rings. The van der Waals surface area contributed by atoms with E-state index in [1.165, 1.54) is 5.56 Å². The third kappa shape index (κ3) is 3.79. The number of rotatable bonds is 5. The number of amides is 2. The molecule has 0 unspecified atom stereocenters. The van der Waals surface area contributed by atoms with Crippen molar-refractivity contribution in [3.63, 3.8) is 0 Å². The zero-order valence-corrected chi connectivity index (χ0v) is 11.3. The van der Waals surface area contributed by atoms with E-state index in [0.29, 0.717) is 12.8 Å². The molecule has 2 amide bonds. The van der Waals surface area contributed by atoms with Crippen molar-refractivity contribution in [3.8, 4) is 0 Å². The molecule has 5 heteroatoms. The van der Waals surface area contributed by atoms with Crippen molar-refractivity contribution in [2.24, 2.45) is 0 Å². The van der Waals surface area contributed by atoms with E-state index in [1.54, 1.807) is 19.1 Å². The predicted molar refractivity (Wildman–Crippen MR) is 73.5 cm³/mol. The number of hydrogen-bond donors (Lipinski definition) is 2. The van der Waals surface area contributed by atoms with Crippen LogP contribution in [0.5, 0.6) is 0 Å². The van der Waals surface area contributed by atoms with E-state index in [0.717, 1.165) is 24.1 Å². The van der Waals surface area contributed by atoms with Gasteiger partial charge >= 0.3 is 0 Å². The number of benzene rings is 1. The van der Waals surface area contributed by atoms with E-state index in [2.05, 4.69) is 16.8 Å². The average molecular weight is 261 g/mol. The second kappa shape index (κ2) is 5.84. The molecule has 102 valence electrons. The van der Waals surface area contributed by atoms with Gasteiger partial charge in [-0.25, -0.2) is 5.01 Å². The largest absolute Gasteiger partial charge is 0.326 e. The fourth-order valence-corrected chi connectivity index (χ4v) is 2.20. The maximum atomic E-state index is 11.5. The SMILES string of the molecule is CN(C)NC(=O)CCCc1ccc2c(c1)CC(=O)N2. The lowest BCUT2D eigenvalue weighted by molar-refractivity contribution is -0.124. The molecule has 0 saturated heterocycles. The molecule has 0 bridgehead atoms. The van der Waals surface area contributed by atoms with Gasteiger partial charge in [0.25, 0.3) is 0 Å². The van der Waals surface area contributed by atoms with Crippen LogP contribution in [0, 0.1) is 0 Å². The van der Waals surface area contributed by atoms with Crippen molar-refractivity contribution >= 4 is 17.5 Å². The van der Waals surface area contributed by atoms with Crippen molar-refractivity contribution in [1.29, 1.82) is 0 Å². The van der Waals surface area contributed by atoms with Crippen LogP contribution in [0.25, 0.3) is 0 Å². The molecule has 2 rings (SSSR count). The number of fused-ring (bicyclic) bond motifs is 1. The normalized spacial score (nSPS) is 13.3. The predicted octanol–water partition coefficient (Wildman–Crippen LogP) is 1.10. The van der Waals surface area contributed by atoms with Crippen LogP contribution in [0.3, 0.4) is 0 Å². The van der Waals surface area contributed by atoms with Gasteiger partial charge in [-0.1, -0.05) is 12.1 Å². The Balaban J connectivity index is 1.83. The fraction of sp³-hybridized carbons (Fsp3) is 0.429. The van der Waals surface area contributed by atoms with Gasteiger partial charge in [-0.05, 0) is 30.0 Å². The number of anilines is 1. The van der Waals surface area contributed by atoms with Crippen LogP contribution in [0.4, 0.5) is 5.69 Å². The molecular weight excluding hydrogens is 242 g/mol. The molecule has 0 saturated carbocycles. The van der Waals surface area contributed by atoms with E-state index in [-0.39, 0.29) is 11.8 Å². The van der Waals surface area contributed by atoms with E-state index in [4.69, 9.17) is 0 Å². The molecule has 0 aliphatic carbocycles. The van der Waals surface area contributed by atoms with Crippen LogP contribution in [0.2, 0.25) is 0 Å². The third-order valence-electron chi connectivity index (χ3n) is 3.01. The van der Waals surface area contributed by atoms with Crippen LogP contribution < -0.4 is 10.7 Å². The van der Waals surface area contributed by atoms with Gasteiger partial charge in [-0.15, -0.1) is 0 Å². The second-order valence-electron chi connectivity index (χ2n) is 5.00. The highest BCUT2D eigenvalue weighted by Gasteiger charge is 2.17. The first-order valence-corrected chi connectivity index (χ1v) is 6.43. The minimum absolute atomic E-state index is 0.0306. The van der Waals surface area contributed by atoms with E-state index in [9.17, 15) is 9.59 Å². The third-order valence-corrected chi connectivity index (χ3v) is 3.01. The van der Waals surface area contributed by atoms with Crippen LogP contribution >= 0.6 is 0 Å². The van der Waals surface area contributed by atoms with Gasteiger partial charge < -0.3 is 5.32 Å². The Morgan fingerprint density at radius 2 is 2.21 bits per heavy atom. The maximum Gasteiger partial charge on any atom is 0.234 e. The molecule has 0 spiro atoms. The van der Waals surface area contributed by atoms with Crippen LogP contribution in [-0.2, 0) is 22.4 Å². The maximum absolute atomic E-state index is 11.5. The van der Waals surface area contributed by atoms with Gasteiger partial charge in [0.2, 0.25) is 11.8 Å². The summed E-state index contributed by atoms with van der Waals surface area (Å²) >= 11 is 0. The van der Waals surface area contributed by atoms with Crippen molar-refractivity contribution in [1.82, 2.24) is 10.4 Å². The number of aryl methyl sites for hydroxylation is 1. The second-order valence-corrected chi connectivity index (χ2v) is 5.00. The number of hydrazine groups is 1. The molecule has 19 heavy (non-hydrogen) atoms. The quantitative estimate of drug-likeness (QED) is 0.780. The lowest BCUT2D eigenvalue weighted by atomic mass is 10.0. The summed E-state index contributed by atoms with van der Waals surface area (Å²) in [7, 11) is 3.59. The molecule has 1 heterocycles. The molecule has 0 atom stereocenters. The van der Waals surface area contributed by atoms with Crippen LogP contribution in [0.1, 0.15) is 24.0 Å². The Bertz CT molecular complexity index is 497. The number of carbonyl (C=O) groups is 2. The summed E-state index contributed by atoms with van der Waals surface area (Å²) in [5.74, 6) is 0.0838. The number of nitrogens with zero attached hydrogens (tertiary/aromatic N) is 1. The lowest BCUT2D eigenvalue weighted by Gasteiger charge is -2.11. The van der Waals surface area contributed by atoms with Gasteiger partial charge in [0.15, 0.2) is 0 Å². The Morgan fingerprint density at radius 1 is 1.42 bits per heavy atom. The van der Waals surface area contributed by atoms with Crippen molar-refractivity contribution in [2.75, 3.05) is 19.4 Å². The summed E-state index contributed by atoms with van der Waals surface area (Å²) in [6.45, 7) is 0. The molecule has 1 aliphatic heterocycles. The molecule has 1 aromatic carbocycles. The van der Waals surface area contributed by atoms with Gasteiger partial charge in [0.05, 0.1) is 6.42 Å². The topological polar surface area (TPSA) is 61.4 Å². The number of carbonyl (C=O) groups excluding carboxylic acids is 2. The first-order chi connectivity index (χ1) is 9.04. The molecule has 0 aromatic heterocycles. The zero-order chi connectivity index (χ0) is 13.8. The highest BCUT2D eigenvalue weighted by atomic mass is 16.2. The van der Waals surface area contributed by atoms with Crippen molar-refractivity contribution in [3.05, 3.63) is 29.3 Å². The highest BCUT2D eigenvalue weighted by Crippen LogP contribution is 2.24. The van der Waals surface area contributed by atoms with Gasteiger partial charge in [-0.3, -0.25) is 15.0 Å². The highest BCUT2D eigenvalue weighted by molar-refractivity contribution is 5.99. The summed E-state index contributed by atoms with van der Waals surface area (Å²) in [5, 5.41) is 4.46. The Morgan fingerprint density at radius 3 is 2.95 bits per heavy atom. The Hall–Kier alpha value is -1.88. The average Bonchev–Trinajstić information content (AvgIpc) is 2.67. The monoisotopic (exact) mass is 261 g/mol. The zero-order valence-electron chi connectivity index (χ0n) is 11.3. The summed E-state index contributed by atoms with van der Waals surface area (Å²) in [5.41, 5.74) is 5.86. The van der Waals surface area contributed by atoms with Gasteiger partial charge in [0.1, 0.15) is 0 Å². The molecule has 2 N–H and O–H groups in total. The molecule has 5 nitrogen and oxygen atoms in total. The number of hydrogen-bond acceptors (Lipinski definition) is 3.